The second-order valence-electron chi connectivity index (χ2n) is 4.28. The van der Waals surface area contributed by atoms with E-state index in [1.54, 1.807) is 17.0 Å². The van der Waals surface area contributed by atoms with E-state index < -0.39 is 17.8 Å². The average molecular weight is 267 g/mol. The van der Waals surface area contributed by atoms with E-state index in [9.17, 15) is 9.18 Å². The van der Waals surface area contributed by atoms with Crippen molar-refractivity contribution in [2.75, 3.05) is 11.4 Å². The van der Waals surface area contributed by atoms with Crippen molar-refractivity contribution in [1.82, 2.24) is 0 Å². The highest BCUT2D eigenvalue weighted by atomic mass is 32.1. The van der Waals surface area contributed by atoms with Gasteiger partial charge in [-0.1, -0.05) is 12.2 Å². The first-order valence-electron chi connectivity index (χ1n) is 5.66. The molecular weight excluding hydrogens is 253 g/mol. The predicted octanol–water partition coefficient (Wildman–Crippen LogP) is 0.914. The molecule has 1 aromatic rings. The number of carbonyl (C=O) groups is 1. The fourth-order valence-corrected chi connectivity index (χ4v) is 2.37. The van der Waals surface area contributed by atoms with Gasteiger partial charge < -0.3 is 16.4 Å². The van der Waals surface area contributed by atoms with Crippen molar-refractivity contribution >= 4 is 28.8 Å². The first kappa shape index (κ1) is 12.8. The number of nitrogens with two attached hydrogens (primary N) is 2. The van der Waals surface area contributed by atoms with E-state index in [2.05, 4.69) is 0 Å². The van der Waals surface area contributed by atoms with Crippen LogP contribution in [0.3, 0.4) is 0 Å². The average Bonchev–Trinajstić information content (AvgIpc) is 2.77. The Labute approximate surface area is 110 Å². The van der Waals surface area contributed by atoms with Gasteiger partial charge in [0.25, 0.3) is 0 Å². The van der Waals surface area contributed by atoms with Gasteiger partial charge in [0, 0.05) is 12.1 Å². The van der Waals surface area contributed by atoms with Gasteiger partial charge in [-0.15, -0.1) is 0 Å². The van der Waals surface area contributed by atoms with Gasteiger partial charge in [-0.3, -0.25) is 4.79 Å². The maximum Gasteiger partial charge on any atom is 0.240 e. The predicted molar refractivity (Wildman–Crippen MR) is 71.8 cm³/mol. The summed E-state index contributed by atoms with van der Waals surface area (Å²) in [5.41, 5.74) is 11.6. The van der Waals surface area contributed by atoms with Crippen LogP contribution < -0.4 is 16.4 Å². The second-order valence-corrected chi connectivity index (χ2v) is 4.72. The van der Waals surface area contributed by atoms with Crippen molar-refractivity contribution < 1.29 is 9.18 Å². The number of anilines is 1. The van der Waals surface area contributed by atoms with Gasteiger partial charge in [0.15, 0.2) is 0 Å². The zero-order chi connectivity index (χ0) is 13.3. The lowest BCUT2D eigenvalue weighted by atomic mass is 10.1. The monoisotopic (exact) mass is 267 g/mol. The zero-order valence-corrected chi connectivity index (χ0v) is 10.5. The minimum Gasteiger partial charge on any atom is -0.389 e. The number of hydrogen-bond acceptors (Lipinski definition) is 3. The van der Waals surface area contributed by atoms with Crippen LogP contribution in [-0.4, -0.2) is 23.5 Å². The van der Waals surface area contributed by atoms with Crippen LogP contribution in [0, 0.1) is 5.82 Å². The first-order chi connectivity index (χ1) is 8.50. The summed E-state index contributed by atoms with van der Waals surface area (Å²) in [6.07, 6.45) is 1.48. The number of amides is 1. The third-order valence-electron chi connectivity index (χ3n) is 3.12. The number of hydrogen-bond donors (Lipinski definition) is 2. The molecule has 96 valence electrons. The molecule has 0 radical (unpaired) electrons. The fraction of sp³-hybridized carbons (Fsp3) is 0.333. The Bertz CT molecular complexity index is 506. The lowest BCUT2D eigenvalue weighted by molar-refractivity contribution is -0.119. The highest BCUT2D eigenvalue weighted by Crippen LogP contribution is 2.28. The molecule has 4 N–H and O–H groups in total. The Kier molecular flexibility index (Phi) is 3.47. The van der Waals surface area contributed by atoms with E-state index in [1.807, 2.05) is 0 Å². The van der Waals surface area contributed by atoms with Gasteiger partial charge in [0.2, 0.25) is 5.91 Å². The molecule has 1 saturated heterocycles. The van der Waals surface area contributed by atoms with Crippen LogP contribution in [0.2, 0.25) is 0 Å². The summed E-state index contributed by atoms with van der Waals surface area (Å²) in [5.74, 6) is -0.862. The van der Waals surface area contributed by atoms with Crippen molar-refractivity contribution in [3.8, 4) is 0 Å². The Morgan fingerprint density at radius 2 is 2.17 bits per heavy atom. The molecule has 1 atom stereocenters. The normalized spacial score (nSPS) is 18.9. The summed E-state index contributed by atoms with van der Waals surface area (Å²) in [6.45, 7) is 0.622. The third-order valence-corrected chi connectivity index (χ3v) is 3.36. The molecule has 1 aliphatic heterocycles. The molecule has 18 heavy (non-hydrogen) atoms. The Balaban J connectivity index is 2.33. The van der Waals surface area contributed by atoms with Crippen molar-refractivity contribution in [2.45, 2.75) is 18.9 Å². The minimum absolute atomic E-state index is 0.147. The first-order valence-corrected chi connectivity index (χ1v) is 6.07. The lowest BCUT2D eigenvalue weighted by Crippen LogP contribution is -2.40. The molecule has 1 amide bonds. The van der Waals surface area contributed by atoms with Gasteiger partial charge in [0.1, 0.15) is 16.8 Å². The molecule has 0 saturated carbocycles. The summed E-state index contributed by atoms with van der Waals surface area (Å²) in [5, 5.41) is 0. The van der Waals surface area contributed by atoms with E-state index in [0.29, 0.717) is 24.2 Å². The molecular formula is C12H14FN3OS. The largest absolute Gasteiger partial charge is 0.389 e. The fourth-order valence-electron chi connectivity index (χ4n) is 2.24. The van der Waals surface area contributed by atoms with Crippen LogP contribution in [0.1, 0.15) is 18.4 Å². The second kappa shape index (κ2) is 4.89. The molecule has 0 bridgehead atoms. The summed E-state index contributed by atoms with van der Waals surface area (Å²) in [7, 11) is 0. The van der Waals surface area contributed by atoms with Crippen LogP contribution in [0.25, 0.3) is 0 Å². The van der Waals surface area contributed by atoms with Gasteiger partial charge in [-0.2, -0.15) is 0 Å². The summed E-state index contributed by atoms with van der Waals surface area (Å²) >= 11 is 4.79. The molecule has 0 aromatic heterocycles. The standard InChI is InChI=1S/C12H14FN3OS/c13-8-6-7(12(15)18)3-4-9(8)16-5-1-2-10(16)11(14)17/h3-4,6,10H,1-2,5H2,(H2,14,17)(H2,15,18). The van der Waals surface area contributed by atoms with E-state index in [-0.39, 0.29) is 4.99 Å². The van der Waals surface area contributed by atoms with Crippen LogP contribution in [0.15, 0.2) is 18.2 Å². The topological polar surface area (TPSA) is 72.4 Å². The lowest BCUT2D eigenvalue weighted by Gasteiger charge is -2.25. The highest BCUT2D eigenvalue weighted by molar-refractivity contribution is 7.80. The molecule has 0 spiro atoms. The molecule has 1 heterocycles. The molecule has 6 heteroatoms. The maximum atomic E-state index is 14.0. The number of halogens is 1. The summed E-state index contributed by atoms with van der Waals surface area (Å²) in [6, 6.07) is 4.09. The van der Waals surface area contributed by atoms with Gasteiger partial charge in [-0.25, -0.2) is 4.39 Å². The number of rotatable bonds is 3. The molecule has 4 nitrogen and oxygen atoms in total. The Hall–Kier alpha value is -1.69. The van der Waals surface area contributed by atoms with Gasteiger partial charge >= 0.3 is 0 Å². The number of nitrogens with zero attached hydrogens (tertiary/aromatic N) is 1. The Morgan fingerprint density at radius 3 is 2.72 bits per heavy atom. The number of benzene rings is 1. The van der Waals surface area contributed by atoms with Gasteiger partial charge in [0.05, 0.1) is 5.69 Å². The molecule has 1 aliphatic rings. The molecule has 1 fully saturated rings. The number of thiocarbonyl (C=S) groups is 1. The van der Waals surface area contributed by atoms with E-state index in [0.717, 1.165) is 6.42 Å². The quantitative estimate of drug-likeness (QED) is 0.799. The highest BCUT2D eigenvalue weighted by Gasteiger charge is 2.30. The maximum absolute atomic E-state index is 14.0. The third kappa shape index (κ3) is 2.28. The van der Waals surface area contributed by atoms with E-state index in [4.69, 9.17) is 23.7 Å². The van der Waals surface area contributed by atoms with Crippen molar-refractivity contribution in [2.24, 2.45) is 11.5 Å². The minimum atomic E-state index is -0.437. The number of carbonyl (C=O) groups excluding carboxylic acids is 1. The van der Waals surface area contributed by atoms with E-state index >= 15 is 0 Å². The van der Waals surface area contributed by atoms with E-state index in [1.165, 1.54) is 6.07 Å². The molecule has 1 aromatic carbocycles. The zero-order valence-electron chi connectivity index (χ0n) is 9.73. The number of primary amides is 1. The van der Waals surface area contributed by atoms with Crippen LogP contribution in [0.4, 0.5) is 10.1 Å². The summed E-state index contributed by atoms with van der Waals surface area (Å²) in [4.78, 5) is 13.1. The SMILES string of the molecule is NC(=O)C1CCCN1c1ccc(C(N)=S)cc1F. The van der Waals surface area contributed by atoms with Crippen molar-refractivity contribution in [3.05, 3.63) is 29.6 Å². The Morgan fingerprint density at radius 1 is 1.44 bits per heavy atom. The van der Waals surface area contributed by atoms with Crippen LogP contribution >= 0.6 is 12.2 Å². The smallest absolute Gasteiger partial charge is 0.240 e. The van der Waals surface area contributed by atoms with Crippen LogP contribution in [-0.2, 0) is 4.79 Å². The van der Waals surface area contributed by atoms with Gasteiger partial charge in [-0.05, 0) is 31.0 Å². The summed E-state index contributed by atoms with van der Waals surface area (Å²) < 4.78 is 14.0. The van der Waals surface area contributed by atoms with Crippen molar-refractivity contribution in [3.63, 3.8) is 0 Å². The molecule has 1 unspecified atom stereocenters. The molecule has 0 aliphatic carbocycles. The molecule has 2 rings (SSSR count). The van der Waals surface area contributed by atoms with Crippen LogP contribution in [0.5, 0.6) is 0 Å². The van der Waals surface area contributed by atoms with Crippen molar-refractivity contribution in [1.29, 1.82) is 0 Å².